The van der Waals surface area contributed by atoms with Crippen molar-refractivity contribution < 1.29 is 18.0 Å². The highest BCUT2D eigenvalue weighted by molar-refractivity contribution is 5.86. The maximum absolute atomic E-state index is 11.8. The van der Waals surface area contributed by atoms with E-state index >= 15 is 0 Å². The zero-order valence-electron chi connectivity index (χ0n) is 7.01. The van der Waals surface area contributed by atoms with Gasteiger partial charge in [0, 0.05) is 12.6 Å². The van der Waals surface area contributed by atoms with E-state index in [1.165, 1.54) is 18.3 Å². The van der Waals surface area contributed by atoms with Crippen molar-refractivity contribution in [3.8, 4) is 0 Å². The normalized spacial score (nSPS) is 11.4. The fourth-order valence-electron chi connectivity index (χ4n) is 0.890. The van der Waals surface area contributed by atoms with E-state index in [-0.39, 0.29) is 11.4 Å². The lowest BCUT2D eigenvalue weighted by Crippen LogP contribution is -2.24. The Bertz CT molecular complexity index is 349. The van der Waals surface area contributed by atoms with Crippen LogP contribution in [-0.4, -0.2) is 16.9 Å². The van der Waals surface area contributed by atoms with Gasteiger partial charge in [-0.3, -0.25) is 4.79 Å². The number of nitrogen functional groups attached to an aromatic ring is 1. The molecule has 0 unspecified atom stereocenters. The standard InChI is InChI=1S/C8H7F3N2O/c9-8(10,11)6(14)3-5-1-2-13-7(12)4-5/h1-2,4H,3H2,(H2,12,13). The summed E-state index contributed by atoms with van der Waals surface area (Å²) in [7, 11) is 0. The zero-order valence-corrected chi connectivity index (χ0v) is 7.01. The number of nitrogens with zero attached hydrogens (tertiary/aromatic N) is 1. The van der Waals surface area contributed by atoms with Crippen molar-refractivity contribution >= 4 is 11.6 Å². The third-order valence-electron chi connectivity index (χ3n) is 1.53. The molecule has 0 fully saturated rings. The molecule has 1 aromatic rings. The molecule has 0 aromatic carbocycles. The molecule has 3 nitrogen and oxygen atoms in total. The minimum Gasteiger partial charge on any atom is -0.384 e. The van der Waals surface area contributed by atoms with Crippen LogP contribution in [0.4, 0.5) is 19.0 Å². The first kappa shape index (κ1) is 10.5. The van der Waals surface area contributed by atoms with Gasteiger partial charge >= 0.3 is 6.18 Å². The maximum atomic E-state index is 11.8. The quantitative estimate of drug-likeness (QED) is 0.790. The monoisotopic (exact) mass is 204 g/mol. The molecule has 6 heteroatoms. The van der Waals surface area contributed by atoms with Gasteiger partial charge in [-0.1, -0.05) is 0 Å². The molecular formula is C8H7F3N2O. The lowest BCUT2D eigenvalue weighted by atomic mass is 10.1. The highest BCUT2D eigenvalue weighted by Gasteiger charge is 2.37. The molecule has 1 rings (SSSR count). The van der Waals surface area contributed by atoms with Crippen LogP contribution in [0.5, 0.6) is 0 Å². The van der Waals surface area contributed by atoms with Crippen LogP contribution >= 0.6 is 0 Å². The van der Waals surface area contributed by atoms with E-state index < -0.39 is 18.4 Å². The minimum atomic E-state index is -4.79. The Balaban J connectivity index is 2.75. The molecule has 0 bridgehead atoms. The molecule has 0 saturated carbocycles. The molecule has 0 amide bonds. The highest BCUT2D eigenvalue weighted by atomic mass is 19.4. The molecule has 0 saturated heterocycles. The van der Waals surface area contributed by atoms with Gasteiger partial charge in [0.15, 0.2) is 0 Å². The van der Waals surface area contributed by atoms with E-state index in [1.807, 2.05) is 0 Å². The molecule has 0 atom stereocenters. The number of carbonyl (C=O) groups excluding carboxylic acids is 1. The van der Waals surface area contributed by atoms with Crippen LogP contribution in [-0.2, 0) is 11.2 Å². The number of hydrogen-bond donors (Lipinski definition) is 1. The fourth-order valence-corrected chi connectivity index (χ4v) is 0.890. The molecule has 76 valence electrons. The Kier molecular flexibility index (Phi) is 2.73. The highest BCUT2D eigenvalue weighted by Crippen LogP contribution is 2.18. The second kappa shape index (κ2) is 3.65. The minimum absolute atomic E-state index is 0.0949. The number of hydrogen-bond acceptors (Lipinski definition) is 3. The second-order valence-corrected chi connectivity index (χ2v) is 2.69. The van der Waals surface area contributed by atoms with Crippen LogP contribution in [0.1, 0.15) is 5.56 Å². The van der Waals surface area contributed by atoms with Gasteiger partial charge in [-0.25, -0.2) is 4.98 Å². The molecule has 0 aliphatic rings. The number of alkyl halides is 3. The number of halogens is 3. The van der Waals surface area contributed by atoms with Gasteiger partial charge < -0.3 is 5.73 Å². The molecule has 0 aliphatic carbocycles. The summed E-state index contributed by atoms with van der Waals surface area (Å²) < 4.78 is 35.5. The second-order valence-electron chi connectivity index (χ2n) is 2.69. The smallest absolute Gasteiger partial charge is 0.384 e. The van der Waals surface area contributed by atoms with E-state index in [4.69, 9.17) is 5.73 Å². The van der Waals surface area contributed by atoms with Crippen LogP contribution in [0, 0.1) is 0 Å². The SMILES string of the molecule is Nc1cc(CC(=O)C(F)(F)F)ccn1. The largest absolute Gasteiger partial charge is 0.450 e. The summed E-state index contributed by atoms with van der Waals surface area (Å²) in [6.45, 7) is 0. The van der Waals surface area contributed by atoms with Gasteiger partial charge in [-0.05, 0) is 17.7 Å². The topological polar surface area (TPSA) is 56.0 Å². The van der Waals surface area contributed by atoms with Crippen LogP contribution in [0.3, 0.4) is 0 Å². The lowest BCUT2D eigenvalue weighted by molar-refractivity contribution is -0.170. The third kappa shape index (κ3) is 2.72. The first-order chi connectivity index (χ1) is 6.39. The summed E-state index contributed by atoms with van der Waals surface area (Å²) in [6, 6.07) is 2.56. The number of nitrogens with two attached hydrogens (primary N) is 1. The summed E-state index contributed by atoms with van der Waals surface area (Å²) in [6.07, 6.45) is -4.23. The van der Waals surface area contributed by atoms with Crippen molar-refractivity contribution in [3.63, 3.8) is 0 Å². The average molecular weight is 204 g/mol. The number of Topliss-reactive ketones (excluding diaryl/α,β-unsaturated/α-hetero) is 1. The number of ketones is 1. The number of aromatic nitrogens is 1. The fraction of sp³-hybridized carbons (Fsp3) is 0.250. The Morgan fingerprint density at radius 2 is 2.14 bits per heavy atom. The van der Waals surface area contributed by atoms with Gasteiger partial charge in [-0.15, -0.1) is 0 Å². The number of rotatable bonds is 2. The zero-order chi connectivity index (χ0) is 10.8. The molecule has 14 heavy (non-hydrogen) atoms. The Hall–Kier alpha value is -1.59. The van der Waals surface area contributed by atoms with Gasteiger partial charge in [0.2, 0.25) is 5.78 Å². The van der Waals surface area contributed by atoms with Crippen LogP contribution < -0.4 is 5.73 Å². The van der Waals surface area contributed by atoms with E-state index in [9.17, 15) is 18.0 Å². The van der Waals surface area contributed by atoms with Crippen molar-refractivity contribution in [2.24, 2.45) is 0 Å². The molecule has 1 heterocycles. The van der Waals surface area contributed by atoms with Gasteiger partial charge in [0.05, 0.1) is 0 Å². The van der Waals surface area contributed by atoms with E-state index in [0.717, 1.165) is 0 Å². The third-order valence-corrected chi connectivity index (χ3v) is 1.53. The summed E-state index contributed by atoms with van der Waals surface area (Å²) in [4.78, 5) is 14.2. The van der Waals surface area contributed by atoms with Crippen molar-refractivity contribution in [2.45, 2.75) is 12.6 Å². The molecule has 1 aromatic heterocycles. The van der Waals surface area contributed by atoms with Crippen LogP contribution in [0.2, 0.25) is 0 Å². The summed E-state index contributed by atoms with van der Waals surface area (Å²) in [5, 5.41) is 0. The van der Waals surface area contributed by atoms with Crippen molar-refractivity contribution in [2.75, 3.05) is 5.73 Å². The first-order valence-electron chi connectivity index (χ1n) is 3.70. The summed E-state index contributed by atoms with van der Waals surface area (Å²) in [5.41, 5.74) is 5.45. The predicted octanol–water partition coefficient (Wildman–Crippen LogP) is 1.34. The molecule has 0 aliphatic heterocycles. The maximum Gasteiger partial charge on any atom is 0.450 e. The van der Waals surface area contributed by atoms with E-state index in [2.05, 4.69) is 4.98 Å². The van der Waals surface area contributed by atoms with Crippen molar-refractivity contribution in [3.05, 3.63) is 23.9 Å². The first-order valence-corrected chi connectivity index (χ1v) is 3.70. The number of anilines is 1. The number of pyridine rings is 1. The van der Waals surface area contributed by atoms with Gasteiger partial charge in [0.25, 0.3) is 0 Å². The van der Waals surface area contributed by atoms with E-state index in [0.29, 0.717) is 0 Å². The molecule has 0 radical (unpaired) electrons. The average Bonchev–Trinajstić information content (AvgIpc) is 2.02. The lowest BCUT2D eigenvalue weighted by Gasteiger charge is -2.04. The molecule has 0 spiro atoms. The Labute approximate surface area is 77.7 Å². The van der Waals surface area contributed by atoms with E-state index in [1.54, 1.807) is 0 Å². The predicted molar refractivity (Wildman–Crippen MR) is 43.4 cm³/mol. The Morgan fingerprint density at radius 1 is 1.50 bits per heavy atom. The number of carbonyl (C=O) groups is 1. The van der Waals surface area contributed by atoms with Crippen LogP contribution in [0.25, 0.3) is 0 Å². The van der Waals surface area contributed by atoms with Crippen molar-refractivity contribution in [1.29, 1.82) is 0 Å². The van der Waals surface area contributed by atoms with Crippen molar-refractivity contribution in [1.82, 2.24) is 4.98 Å². The van der Waals surface area contributed by atoms with Gasteiger partial charge in [-0.2, -0.15) is 13.2 Å². The molecular weight excluding hydrogens is 197 g/mol. The summed E-state index contributed by atoms with van der Waals surface area (Å²) in [5.74, 6) is -1.69. The molecule has 2 N–H and O–H groups in total. The Morgan fingerprint density at radius 3 is 2.64 bits per heavy atom. The van der Waals surface area contributed by atoms with Gasteiger partial charge in [0.1, 0.15) is 5.82 Å². The van der Waals surface area contributed by atoms with Crippen LogP contribution in [0.15, 0.2) is 18.3 Å². The summed E-state index contributed by atoms with van der Waals surface area (Å²) >= 11 is 0.